The molecule has 13 heteroatoms. The van der Waals surface area contributed by atoms with Crippen LogP contribution in [0.3, 0.4) is 0 Å². The minimum atomic E-state index is -7.03. The first kappa shape index (κ1) is 24.2. The topological polar surface area (TPSA) is 44.8 Å². The molecule has 0 saturated heterocycles. The van der Waals surface area contributed by atoms with Gasteiger partial charge in [-0.05, 0) is 0 Å². The zero-order valence-corrected chi connectivity index (χ0v) is 12.8. The van der Waals surface area contributed by atoms with Crippen molar-refractivity contribution in [3.8, 4) is 0 Å². The summed E-state index contributed by atoms with van der Waals surface area (Å²) in [7, 11) is 0. The maximum Gasteiger partial charge on any atom is 0.460 e. The minimum Gasteiger partial charge on any atom is -0.460 e. The molecule has 0 aromatic rings. The molecular formula is C13H13F9O4. The van der Waals surface area contributed by atoms with Gasteiger partial charge in [-0.1, -0.05) is 12.7 Å². The van der Waals surface area contributed by atoms with E-state index in [0.29, 0.717) is 6.08 Å². The monoisotopic (exact) mass is 404 g/mol. The van der Waals surface area contributed by atoms with Crippen molar-refractivity contribution in [3.63, 3.8) is 0 Å². The SMILES string of the molecule is C=CCOOC(COC(=O)C=C)CC(F)(F)C(F)(F)C(F)(F)C(F)(F)F. The Labute approximate surface area is 141 Å². The van der Waals surface area contributed by atoms with E-state index in [0.717, 1.165) is 6.08 Å². The van der Waals surface area contributed by atoms with Crippen LogP contribution in [0.1, 0.15) is 6.42 Å². The number of alkyl halides is 9. The molecule has 0 spiro atoms. The molecule has 0 bridgehead atoms. The molecule has 0 aliphatic heterocycles. The molecule has 26 heavy (non-hydrogen) atoms. The van der Waals surface area contributed by atoms with E-state index in [1.54, 1.807) is 0 Å². The number of hydrogen-bond donors (Lipinski definition) is 0. The van der Waals surface area contributed by atoms with Gasteiger partial charge < -0.3 is 4.74 Å². The number of hydrogen-bond acceptors (Lipinski definition) is 4. The molecule has 0 amide bonds. The van der Waals surface area contributed by atoms with Gasteiger partial charge in [-0.3, -0.25) is 0 Å². The summed E-state index contributed by atoms with van der Waals surface area (Å²) in [6.07, 6.45) is -10.1. The second kappa shape index (κ2) is 8.75. The molecule has 0 rings (SSSR count). The first-order chi connectivity index (χ1) is 11.6. The van der Waals surface area contributed by atoms with Gasteiger partial charge in [0.25, 0.3) is 0 Å². The summed E-state index contributed by atoms with van der Waals surface area (Å²) in [6.45, 7) is 4.36. The van der Waals surface area contributed by atoms with Crippen molar-refractivity contribution < 1.29 is 58.8 Å². The zero-order chi connectivity index (χ0) is 20.8. The summed E-state index contributed by atoms with van der Waals surface area (Å²) in [5.74, 6) is -21.0. The largest absolute Gasteiger partial charge is 0.460 e. The lowest BCUT2D eigenvalue weighted by atomic mass is 9.98. The molecule has 0 saturated carbocycles. The van der Waals surface area contributed by atoms with Crippen LogP contribution in [-0.4, -0.2) is 49.2 Å². The lowest BCUT2D eigenvalue weighted by molar-refractivity contribution is -0.404. The smallest absolute Gasteiger partial charge is 0.460 e. The van der Waals surface area contributed by atoms with Crippen molar-refractivity contribution in [1.82, 2.24) is 0 Å². The zero-order valence-electron chi connectivity index (χ0n) is 12.8. The van der Waals surface area contributed by atoms with E-state index in [-0.39, 0.29) is 0 Å². The van der Waals surface area contributed by atoms with Crippen molar-refractivity contribution in [2.75, 3.05) is 13.2 Å². The van der Waals surface area contributed by atoms with E-state index in [9.17, 15) is 44.3 Å². The highest BCUT2D eigenvalue weighted by atomic mass is 19.4. The molecule has 1 unspecified atom stereocenters. The van der Waals surface area contributed by atoms with Crippen LogP contribution in [0.2, 0.25) is 0 Å². The molecule has 4 nitrogen and oxygen atoms in total. The van der Waals surface area contributed by atoms with Crippen LogP contribution in [0.5, 0.6) is 0 Å². The molecular weight excluding hydrogens is 391 g/mol. The normalized spacial score (nSPS) is 14.7. The summed E-state index contributed by atoms with van der Waals surface area (Å²) in [4.78, 5) is 19.2. The molecule has 0 aromatic heterocycles. The fraction of sp³-hybridized carbons (Fsp3) is 0.615. The Morgan fingerprint density at radius 1 is 0.962 bits per heavy atom. The van der Waals surface area contributed by atoms with Crippen LogP contribution in [0, 0.1) is 0 Å². The van der Waals surface area contributed by atoms with Gasteiger partial charge in [0.05, 0.1) is 6.42 Å². The Hall–Kier alpha value is -1.76. The first-order valence-corrected chi connectivity index (χ1v) is 6.52. The van der Waals surface area contributed by atoms with E-state index < -0.39 is 55.7 Å². The Bertz CT molecular complexity index is 502. The second-order valence-corrected chi connectivity index (χ2v) is 4.68. The lowest BCUT2D eigenvalue weighted by Crippen LogP contribution is -2.61. The van der Waals surface area contributed by atoms with Gasteiger partial charge >= 0.3 is 29.9 Å². The van der Waals surface area contributed by atoms with Crippen molar-refractivity contribution in [3.05, 3.63) is 25.3 Å². The summed E-state index contributed by atoms with van der Waals surface area (Å²) in [5, 5.41) is 0. The van der Waals surface area contributed by atoms with E-state index in [1.807, 2.05) is 0 Å². The number of ether oxygens (including phenoxy) is 1. The van der Waals surface area contributed by atoms with Crippen LogP contribution in [0.25, 0.3) is 0 Å². The molecule has 0 N–H and O–H groups in total. The number of rotatable bonds is 11. The number of carbonyl (C=O) groups is 1. The highest BCUT2D eigenvalue weighted by Crippen LogP contribution is 2.54. The summed E-state index contributed by atoms with van der Waals surface area (Å²) in [5.41, 5.74) is 0. The van der Waals surface area contributed by atoms with Crippen LogP contribution in [0.4, 0.5) is 39.5 Å². The summed E-state index contributed by atoms with van der Waals surface area (Å²) in [6, 6.07) is 0. The predicted molar refractivity (Wildman–Crippen MR) is 67.7 cm³/mol. The van der Waals surface area contributed by atoms with E-state index in [2.05, 4.69) is 27.7 Å². The van der Waals surface area contributed by atoms with Gasteiger partial charge in [-0.2, -0.15) is 39.5 Å². The van der Waals surface area contributed by atoms with Gasteiger partial charge in [-0.25, -0.2) is 14.6 Å². The fourth-order valence-corrected chi connectivity index (χ4v) is 1.36. The molecule has 0 aliphatic carbocycles. The molecule has 152 valence electrons. The third kappa shape index (κ3) is 5.62. The van der Waals surface area contributed by atoms with Crippen LogP contribution < -0.4 is 0 Å². The highest BCUT2D eigenvalue weighted by Gasteiger charge is 2.81. The predicted octanol–water partition coefficient (Wildman–Crippen LogP) is 4.08. The Morgan fingerprint density at radius 2 is 1.50 bits per heavy atom. The molecule has 1 atom stereocenters. The van der Waals surface area contributed by atoms with Crippen molar-refractivity contribution in [1.29, 1.82) is 0 Å². The third-order valence-corrected chi connectivity index (χ3v) is 2.66. The van der Waals surface area contributed by atoms with E-state index in [4.69, 9.17) is 0 Å². The maximum absolute atomic E-state index is 13.5. The average Bonchev–Trinajstić information content (AvgIpc) is 2.50. The average molecular weight is 404 g/mol. The van der Waals surface area contributed by atoms with Crippen LogP contribution >= 0.6 is 0 Å². The quantitative estimate of drug-likeness (QED) is 0.0991. The molecule has 0 aliphatic rings. The number of halogens is 9. The van der Waals surface area contributed by atoms with Gasteiger partial charge in [0.2, 0.25) is 0 Å². The van der Waals surface area contributed by atoms with Crippen LogP contribution in [0.15, 0.2) is 25.3 Å². The van der Waals surface area contributed by atoms with E-state index >= 15 is 0 Å². The van der Waals surface area contributed by atoms with E-state index in [1.165, 1.54) is 0 Å². The minimum absolute atomic E-state index is 0.480. The Kier molecular flexibility index (Phi) is 8.16. The van der Waals surface area contributed by atoms with Crippen molar-refractivity contribution in [2.24, 2.45) is 0 Å². The fourth-order valence-electron chi connectivity index (χ4n) is 1.36. The third-order valence-electron chi connectivity index (χ3n) is 2.66. The number of esters is 1. The van der Waals surface area contributed by atoms with Gasteiger partial charge in [0.1, 0.15) is 19.3 Å². The second-order valence-electron chi connectivity index (χ2n) is 4.68. The van der Waals surface area contributed by atoms with Crippen LogP contribution in [-0.2, 0) is 19.3 Å². The summed E-state index contributed by atoms with van der Waals surface area (Å²) >= 11 is 0. The molecule has 0 heterocycles. The lowest BCUT2D eigenvalue weighted by Gasteiger charge is -2.34. The number of carbonyl (C=O) groups excluding carboxylic acids is 1. The van der Waals surface area contributed by atoms with Gasteiger partial charge in [0, 0.05) is 6.08 Å². The molecule has 0 aromatic carbocycles. The Morgan fingerprint density at radius 3 is 1.92 bits per heavy atom. The highest BCUT2D eigenvalue weighted by molar-refractivity contribution is 5.81. The molecule has 0 fully saturated rings. The molecule has 0 radical (unpaired) electrons. The van der Waals surface area contributed by atoms with Crippen molar-refractivity contribution >= 4 is 5.97 Å². The van der Waals surface area contributed by atoms with Crippen molar-refractivity contribution in [2.45, 2.75) is 36.5 Å². The van der Waals surface area contributed by atoms with Gasteiger partial charge in [0.15, 0.2) is 0 Å². The summed E-state index contributed by atoms with van der Waals surface area (Å²) < 4.78 is 119. The Balaban J connectivity index is 5.43. The standard InChI is InChI=1S/C13H13F9O4/c1-3-5-25-26-8(7-24-9(23)4-2)6-10(14,15)11(16,17)12(18,19)13(20,21)22/h3-4,8H,1-2,5-7H2. The maximum atomic E-state index is 13.5. The first-order valence-electron chi connectivity index (χ1n) is 6.52. The van der Waals surface area contributed by atoms with Gasteiger partial charge in [-0.15, -0.1) is 6.58 Å².